The van der Waals surface area contributed by atoms with Crippen LogP contribution in [0, 0.1) is 0 Å². The van der Waals surface area contributed by atoms with E-state index in [0.29, 0.717) is 0 Å². The second kappa shape index (κ2) is 6.98. The first kappa shape index (κ1) is 22.1. The molecule has 0 radical (unpaired) electrons. The Morgan fingerprint density at radius 1 is 0.880 bits per heavy atom. The summed E-state index contributed by atoms with van der Waals surface area (Å²) in [5.74, 6) is -19.9. The topological polar surface area (TPSA) is 27.7 Å². The molecule has 1 aliphatic rings. The molecule has 1 rings (SSSR count). The normalized spacial score (nSPS) is 24.8. The minimum absolute atomic E-state index is 1.14. The fourth-order valence-electron chi connectivity index (χ4n) is 1.59. The first-order valence-corrected chi connectivity index (χ1v) is 6.08. The molecule has 0 amide bonds. The zero-order valence-electron chi connectivity index (χ0n) is 11.5. The Bertz CT molecular complexity index is 451. The molecule has 0 aromatic heterocycles. The van der Waals surface area contributed by atoms with Crippen LogP contribution < -0.4 is 0 Å². The van der Waals surface area contributed by atoms with Crippen LogP contribution in [-0.4, -0.2) is 55.9 Å². The summed E-state index contributed by atoms with van der Waals surface area (Å²) in [5.41, 5.74) is 0. The van der Waals surface area contributed by atoms with Gasteiger partial charge in [-0.1, -0.05) is 0 Å². The zero-order chi connectivity index (χ0) is 19.8. The summed E-state index contributed by atoms with van der Waals surface area (Å²) in [5, 5.41) is 0. The van der Waals surface area contributed by atoms with E-state index in [-0.39, 0.29) is 0 Å². The molecule has 0 saturated carbocycles. The molecule has 25 heavy (non-hydrogen) atoms. The number of rotatable bonds is 7. The lowest BCUT2D eigenvalue weighted by molar-refractivity contribution is -0.398. The summed E-state index contributed by atoms with van der Waals surface area (Å²) in [6.45, 7) is -3.49. The van der Waals surface area contributed by atoms with Crippen LogP contribution in [0.1, 0.15) is 6.42 Å². The van der Waals surface area contributed by atoms with Crippen molar-refractivity contribution in [2.75, 3.05) is 6.61 Å². The van der Waals surface area contributed by atoms with Crippen molar-refractivity contribution in [1.29, 1.82) is 0 Å². The summed E-state index contributed by atoms with van der Waals surface area (Å²) in [6.07, 6.45) is -18.6. The third-order valence-corrected chi connectivity index (χ3v) is 2.85. The van der Waals surface area contributed by atoms with Gasteiger partial charge in [0, 0.05) is 6.42 Å². The lowest BCUT2D eigenvalue weighted by atomic mass is 9.98. The maximum Gasteiger partial charge on any atom is 0.460 e. The molecule has 0 N–H and O–H groups in total. The highest BCUT2D eigenvalue weighted by Crippen LogP contribution is 2.54. The van der Waals surface area contributed by atoms with E-state index in [2.05, 4.69) is 14.2 Å². The second-order valence-electron chi connectivity index (χ2n) is 4.76. The summed E-state index contributed by atoms with van der Waals surface area (Å²) in [6, 6.07) is 0. The number of ether oxygens (including phenoxy) is 3. The van der Waals surface area contributed by atoms with Crippen molar-refractivity contribution < 1.29 is 66.9 Å². The van der Waals surface area contributed by atoms with Crippen molar-refractivity contribution in [3.05, 3.63) is 0 Å². The molecule has 3 nitrogen and oxygen atoms in total. The number of hydrogen-bond donors (Lipinski definition) is 0. The van der Waals surface area contributed by atoms with Gasteiger partial charge in [0.25, 0.3) is 19.3 Å². The highest BCUT2D eigenvalue weighted by molar-refractivity contribution is 5.01. The molecule has 15 heteroatoms. The van der Waals surface area contributed by atoms with Gasteiger partial charge < -0.3 is 9.47 Å². The number of halogens is 12. The molecule has 0 spiro atoms. The summed E-state index contributed by atoms with van der Waals surface area (Å²) >= 11 is 0. The molecular formula is C10H8F12O3. The summed E-state index contributed by atoms with van der Waals surface area (Å²) in [4.78, 5) is 0. The minimum atomic E-state index is -7.07. The van der Waals surface area contributed by atoms with Crippen LogP contribution in [0.15, 0.2) is 0 Å². The Morgan fingerprint density at radius 3 is 1.84 bits per heavy atom. The van der Waals surface area contributed by atoms with Crippen molar-refractivity contribution in [1.82, 2.24) is 0 Å². The van der Waals surface area contributed by atoms with Crippen molar-refractivity contribution in [2.45, 2.75) is 55.7 Å². The largest absolute Gasteiger partial charge is 0.460 e. The quantitative estimate of drug-likeness (QED) is 0.598. The van der Waals surface area contributed by atoms with Gasteiger partial charge in [0.15, 0.2) is 0 Å². The fourth-order valence-corrected chi connectivity index (χ4v) is 1.59. The monoisotopic (exact) mass is 404 g/mol. The van der Waals surface area contributed by atoms with Crippen LogP contribution in [0.2, 0.25) is 0 Å². The highest BCUT2D eigenvalue weighted by Gasteiger charge is 2.81. The van der Waals surface area contributed by atoms with Crippen LogP contribution >= 0.6 is 0 Å². The Morgan fingerprint density at radius 2 is 1.40 bits per heavy atom. The van der Waals surface area contributed by atoms with E-state index in [9.17, 15) is 52.7 Å². The van der Waals surface area contributed by atoms with E-state index < -0.39 is 62.3 Å². The molecular weight excluding hydrogens is 396 g/mol. The maximum atomic E-state index is 13.3. The van der Waals surface area contributed by atoms with E-state index in [1.165, 1.54) is 0 Å². The van der Waals surface area contributed by atoms with Crippen LogP contribution in [0.25, 0.3) is 0 Å². The Labute approximate surface area is 130 Å². The summed E-state index contributed by atoms with van der Waals surface area (Å²) < 4.78 is 162. The van der Waals surface area contributed by atoms with Crippen molar-refractivity contribution in [3.63, 3.8) is 0 Å². The standard InChI is InChI=1S/C10H8F12O3/c11-4(12)5(13)25-6-23-2-3(24-6)1-7(14,15)8(16,17)9(18,19)10(20,21)22/h3-6H,1-2H2. The van der Waals surface area contributed by atoms with E-state index in [0.717, 1.165) is 0 Å². The average Bonchev–Trinajstić information content (AvgIpc) is 2.83. The first-order chi connectivity index (χ1) is 11.0. The first-order valence-electron chi connectivity index (χ1n) is 6.08. The number of hydrogen-bond acceptors (Lipinski definition) is 3. The van der Waals surface area contributed by atoms with Gasteiger partial charge in [-0.3, -0.25) is 4.74 Å². The molecule has 1 fully saturated rings. The van der Waals surface area contributed by atoms with Gasteiger partial charge in [-0.2, -0.15) is 39.5 Å². The van der Waals surface area contributed by atoms with Gasteiger partial charge in [0.05, 0.1) is 12.7 Å². The van der Waals surface area contributed by atoms with Gasteiger partial charge in [-0.25, -0.2) is 13.2 Å². The fraction of sp³-hybridized carbons (Fsp3) is 1.00. The molecule has 0 aromatic rings. The van der Waals surface area contributed by atoms with E-state index in [1.54, 1.807) is 0 Å². The van der Waals surface area contributed by atoms with Gasteiger partial charge in [0.2, 0.25) is 0 Å². The Balaban J connectivity index is 2.78. The maximum absolute atomic E-state index is 13.3. The van der Waals surface area contributed by atoms with E-state index in [1.807, 2.05) is 0 Å². The molecule has 0 aromatic carbocycles. The lowest BCUT2D eigenvalue weighted by Crippen LogP contribution is -2.61. The van der Waals surface area contributed by atoms with Gasteiger partial charge >= 0.3 is 23.9 Å². The SMILES string of the molecule is FC(F)C(F)OC1OCC(CC(F)(F)C(F)(F)C(F)(F)C(F)(F)F)O1. The second-order valence-corrected chi connectivity index (χ2v) is 4.76. The van der Waals surface area contributed by atoms with Gasteiger partial charge in [-0.05, 0) is 0 Å². The molecule has 150 valence electrons. The van der Waals surface area contributed by atoms with Crippen LogP contribution in [0.4, 0.5) is 52.7 Å². The zero-order valence-corrected chi connectivity index (χ0v) is 11.5. The third kappa shape index (κ3) is 4.42. The average molecular weight is 404 g/mol. The minimum Gasteiger partial charge on any atom is -0.327 e. The highest BCUT2D eigenvalue weighted by atomic mass is 19.4. The van der Waals surface area contributed by atoms with E-state index in [4.69, 9.17) is 0 Å². The smallest absolute Gasteiger partial charge is 0.327 e. The Kier molecular flexibility index (Phi) is 6.17. The molecule has 3 atom stereocenters. The molecule has 1 aliphatic heterocycles. The molecule has 0 aliphatic carbocycles. The molecule has 3 unspecified atom stereocenters. The lowest BCUT2D eigenvalue weighted by Gasteiger charge is -2.34. The third-order valence-electron chi connectivity index (χ3n) is 2.85. The number of alkyl halides is 12. The van der Waals surface area contributed by atoms with E-state index >= 15 is 0 Å². The van der Waals surface area contributed by atoms with Crippen molar-refractivity contribution >= 4 is 0 Å². The van der Waals surface area contributed by atoms with Crippen LogP contribution in [0.5, 0.6) is 0 Å². The van der Waals surface area contributed by atoms with Crippen molar-refractivity contribution in [2.24, 2.45) is 0 Å². The molecule has 1 saturated heterocycles. The van der Waals surface area contributed by atoms with Gasteiger partial charge in [-0.15, -0.1) is 0 Å². The van der Waals surface area contributed by atoms with Crippen LogP contribution in [0.3, 0.4) is 0 Å². The molecule has 1 heterocycles. The van der Waals surface area contributed by atoms with Gasteiger partial charge in [0.1, 0.15) is 0 Å². The predicted octanol–water partition coefficient (Wildman–Crippen LogP) is 4.12. The predicted molar refractivity (Wildman–Crippen MR) is 52.1 cm³/mol. The summed E-state index contributed by atoms with van der Waals surface area (Å²) in [7, 11) is 0. The molecule has 0 bridgehead atoms. The van der Waals surface area contributed by atoms with Crippen molar-refractivity contribution in [3.8, 4) is 0 Å². The Hall–Kier alpha value is -0.960. The van der Waals surface area contributed by atoms with Crippen LogP contribution in [-0.2, 0) is 14.2 Å².